The van der Waals surface area contributed by atoms with Crippen LogP contribution in [0, 0.1) is 18.8 Å². The number of carbonyl (C=O) groups is 2. The Morgan fingerprint density at radius 2 is 1.95 bits per heavy atom. The Hall–Kier alpha value is -1.88. The zero-order chi connectivity index (χ0) is 15.9. The summed E-state index contributed by atoms with van der Waals surface area (Å²) in [5, 5.41) is 12.4. The summed E-state index contributed by atoms with van der Waals surface area (Å²) in [5.41, 5.74) is 2.86. The standard InChI is InChI=1S/C17H21NO4/c1-3-10-6-4-5-9(2)15(10)18-16(19)13-11-7-8-12(22-11)14(13)17(20)21/h4-6,11-14H,3,7-8H2,1-2H3,(H,18,19)(H,20,21)/t11-,12+,13-,14-/m0/s1. The van der Waals surface area contributed by atoms with Crippen molar-refractivity contribution in [3.05, 3.63) is 29.3 Å². The topological polar surface area (TPSA) is 75.6 Å². The van der Waals surface area contributed by atoms with E-state index in [1.807, 2.05) is 32.0 Å². The second kappa shape index (κ2) is 5.72. The van der Waals surface area contributed by atoms with Gasteiger partial charge in [0.25, 0.3) is 0 Å². The largest absolute Gasteiger partial charge is 0.481 e. The second-order valence-corrected chi connectivity index (χ2v) is 6.13. The fraction of sp³-hybridized carbons (Fsp3) is 0.529. The molecule has 2 N–H and O–H groups in total. The fourth-order valence-corrected chi connectivity index (χ4v) is 3.73. The van der Waals surface area contributed by atoms with Gasteiger partial charge in [-0.3, -0.25) is 9.59 Å². The van der Waals surface area contributed by atoms with Gasteiger partial charge in [0.15, 0.2) is 0 Å². The lowest BCUT2D eigenvalue weighted by atomic mass is 9.78. The van der Waals surface area contributed by atoms with Crippen molar-refractivity contribution in [3.63, 3.8) is 0 Å². The van der Waals surface area contributed by atoms with E-state index in [0.717, 1.165) is 36.1 Å². The number of fused-ring (bicyclic) bond motifs is 2. The molecular weight excluding hydrogens is 282 g/mol. The van der Waals surface area contributed by atoms with E-state index < -0.39 is 17.8 Å². The summed E-state index contributed by atoms with van der Waals surface area (Å²) in [4.78, 5) is 24.2. The van der Waals surface area contributed by atoms with E-state index in [0.29, 0.717) is 0 Å². The van der Waals surface area contributed by atoms with Crippen LogP contribution in [0.3, 0.4) is 0 Å². The molecule has 0 spiro atoms. The number of ether oxygens (including phenoxy) is 1. The molecule has 2 aliphatic heterocycles. The Morgan fingerprint density at radius 1 is 1.27 bits per heavy atom. The first kappa shape index (κ1) is 15.0. The molecule has 1 aromatic rings. The lowest BCUT2D eigenvalue weighted by molar-refractivity contribution is -0.147. The minimum absolute atomic E-state index is 0.233. The van der Waals surface area contributed by atoms with Gasteiger partial charge in [0.05, 0.1) is 24.0 Å². The van der Waals surface area contributed by atoms with Crippen LogP contribution >= 0.6 is 0 Å². The van der Waals surface area contributed by atoms with E-state index in [1.165, 1.54) is 0 Å². The molecule has 0 radical (unpaired) electrons. The van der Waals surface area contributed by atoms with Crippen LogP contribution in [0.15, 0.2) is 18.2 Å². The van der Waals surface area contributed by atoms with Crippen LogP contribution in [0.25, 0.3) is 0 Å². The number of nitrogens with one attached hydrogen (secondary N) is 1. The fourth-order valence-electron chi connectivity index (χ4n) is 3.73. The molecule has 1 amide bonds. The Bertz CT molecular complexity index is 613. The van der Waals surface area contributed by atoms with E-state index in [-0.39, 0.29) is 18.1 Å². The summed E-state index contributed by atoms with van der Waals surface area (Å²) in [5.74, 6) is -2.50. The number of hydrogen-bond acceptors (Lipinski definition) is 3. The lowest BCUT2D eigenvalue weighted by Gasteiger charge is -2.24. The maximum atomic E-state index is 12.7. The smallest absolute Gasteiger partial charge is 0.310 e. The molecule has 5 nitrogen and oxygen atoms in total. The highest BCUT2D eigenvalue weighted by molar-refractivity contribution is 5.97. The third-order valence-electron chi connectivity index (χ3n) is 4.85. The average Bonchev–Trinajstić information content (AvgIpc) is 3.09. The first-order valence-electron chi connectivity index (χ1n) is 7.80. The van der Waals surface area contributed by atoms with Crippen molar-refractivity contribution < 1.29 is 19.4 Å². The Morgan fingerprint density at radius 3 is 2.59 bits per heavy atom. The van der Waals surface area contributed by atoms with Crippen molar-refractivity contribution in [1.29, 1.82) is 0 Å². The van der Waals surface area contributed by atoms with Crippen LogP contribution in [-0.2, 0) is 20.7 Å². The number of para-hydroxylation sites is 1. The van der Waals surface area contributed by atoms with Gasteiger partial charge in [-0.05, 0) is 37.3 Å². The first-order chi connectivity index (χ1) is 10.5. The van der Waals surface area contributed by atoms with Crippen LogP contribution in [0.4, 0.5) is 5.69 Å². The Labute approximate surface area is 129 Å². The van der Waals surface area contributed by atoms with Gasteiger partial charge >= 0.3 is 5.97 Å². The van der Waals surface area contributed by atoms with E-state index in [4.69, 9.17) is 4.74 Å². The number of carbonyl (C=O) groups excluding carboxylic acids is 1. The zero-order valence-corrected chi connectivity index (χ0v) is 12.8. The van der Waals surface area contributed by atoms with Gasteiger partial charge < -0.3 is 15.2 Å². The monoisotopic (exact) mass is 303 g/mol. The second-order valence-electron chi connectivity index (χ2n) is 6.13. The number of aliphatic carboxylic acids is 1. The summed E-state index contributed by atoms with van der Waals surface area (Å²) in [6.07, 6.45) is 1.73. The molecule has 3 rings (SSSR count). The molecule has 0 aliphatic carbocycles. The number of hydrogen-bond donors (Lipinski definition) is 2. The Balaban J connectivity index is 1.84. The third-order valence-corrected chi connectivity index (χ3v) is 4.85. The Kier molecular flexibility index (Phi) is 3.91. The predicted molar refractivity (Wildman–Crippen MR) is 81.7 cm³/mol. The predicted octanol–water partition coefficient (Wildman–Crippen LogP) is 2.37. The SMILES string of the molecule is CCc1cccc(C)c1NC(=O)[C@@H]1[C@@H](C(=O)O)[C@H]2CC[C@@H]1O2. The van der Waals surface area contributed by atoms with Gasteiger partial charge in [0.1, 0.15) is 0 Å². The minimum atomic E-state index is -0.937. The van der Waals surface area contributed by atoms with Crippen molar-refractivity contribution in [3.8, 4) is 0 Å². The average molecular weight is 303 g/mol. The molecule has 2 heterocycles. The van der Waals surface area contributed by atoms with Crippen molar-refractivity contribution in [2.45, 2.75) is 45.3 Å². The third kappa shape index (κ3) is 2.39. The summed E-state index contributed by atoms with van der Waals surface area (Å²) in [6.45, 7) is 3.98. The van der Waals surface area contributed by atoms with Gasteiger partial charge in [0.2, 0.25) is 5.91 Å². The highest BCUT2D eigenvalue weighted by atomic mass is 16.5. The quantitative estimate of drug-likeness (QED) is 0.895. The van der Waals surface area contributed by atoms with Crippen LogP contribution in [0.5, 0.6) is 0 Å². The number of aryl methyl sites for hydroxylation is 2. The van der Waals surface area contributed by atoms with Gasteiger partial charge in [-0.25, -0.2) is 0 Å². The van der Waals surface area contributed by atoms with Crippen LogP contribution in [-0.4, -0.2) is 29.2 Å². The maximum Gasteiger partial charge on any atom is 0.310 e. The molecule has 0 saturated carbocycles. The maximum absolute atomic E-state index is 12.7. The number of anilines is 1. The van der Waals surface area contributed by atoms with Crippen LogP contribution in [0.1, 0.15) is 30.9 Å². The molecule has 118 valence electrons. The van der Waals surface area contributed by atoms with Gasteiger partial charge in [-0.2, -0.15) is 0 Å². The van der Waals surface area contributed by atoms with E-state index in [2.05, 4.69) is 5.32 Å². The summed E-state index contributed by atoms with van der Waals surface area (Å²) < 4.78 is 5.66. The molecule has 2 aliphatic rings. The van der Waals surface area contributed by atoms with Crippen molar-refractivity contribution >= 4 is 17.6 Å². The molecule has 0 aromatic heterocycles. The molecule has 22 heavy (non-hydrogen) atoms. The van der Waals surface area contributed by atoms with E-state index >= 15 is 0 Å². The number of rotatable bonds is 4. The molecule has 2 bridgehead atoms. The molecular formula is C17H21NO4. The van der Waals surface area contributed by atoms with Crippen molar-refractivity contribution in [1.82, 2.24) is 0 Å². The number of carboxylic acids is 1. The van der Waals surface area contributed by atoms with Crippen molar-refractivity contribution in [2.75, 3.05) is 5.32 Å². The summed E-state index contributed by atoms with van der Waals surface area (Å²) in [7, 11) is 0. The number of carboxylic acid groups (broad SMARTS) is 1. The first-order valence-corrected chi connectivity index (χ1v) is 7.80. The molecule has 2 saturated heterocycles. The van der Waals surface area contributed by atoms with Gasteiger partial charge in [0, 0.05) is 5.69 Å². The van der Waals surface area contributed by atoms with Gasteiger partial charge in [-0.1, -0.05) is 25.1 Å². The van der Waals surface area contributed by atoms with Gasteiger partial charge in [-0.15, -0.1) is 0 Å². The highest BCUT2D eigenvalue weighted by Gasteiger charge is 2.55. The molecule has 0 unspecified atom stereocenters. The minimum Gasteiger partial charge on any atom is -0.481 e. The summed E-state index contributed by atoms with van der Waals surface area (Å²) >= 11 is 0. The molecule has 2 fully saturated rings. The van der Waals surface area contributed by atoms with Crippen LogP contribution < -0.4 is 5.32 Å². The molecule has 4 atom stereocenters. The molecule has 1 aromatic carbocycles. The highest BCUT2D eigenvalue weighted by Crippen LogP contribution is 2.44. The molecule has 5 heteroatoms. The van der Waals surface area contributed by atoms with Crippen LogP contribution in [0.2, 0.25) is 0 Å². The number of benzene rings is 1. The number of amides is 1. The lowest BCUT2D eigenvalue weighted by Crippen LogP contribution is -2.41. The summed E-state index contributed by atoms with van der Waals surface area (Å²) in [6, 6.07) is 5.89. The normalized spacial score (nSPS) is 29.5. The van der Waals surface area contributed by atoms with E-state index in [9.17, 15) is 14.7 Å². The van der Waals surface area contributed by atoms with Crippen molar-refractivity contribution in [2.24, 2.45) is 11.8 Å². The van der Waals surface area contributed by atoms with E-state index in [1.54, 1.807) is 0 Å². The zero-order valence-electron chi connectivity index (χ0n) is 12.8.